The zero-order valence-corrected chi connectivity index (χ0v) is 11.8. The van der Waals surface area contributed by atoms with Crippen molar-refractivity contribution in [2.75, 3.05) is 11.9 Å². The molecule has 2 aromatic carbocycles. The largest absolute Gasteiger partial charge is 0.462 e. The molecule has 0 atom stereocenters. The number of rotatable bonds is 5. The fourth-order valence-corrected chi connectivity index (χ4v) is 1.96. The Morgan fingerprint density at radius 1 is 1.15 bits per heavy atom. The lowest BCUT2D eigenvalue weighted by Gasteiger charge is -2.08. The van der Waals surface area contributed by atoms with Gasteiger partial charge in [-0.05, 0) is 43.7 Å². The molecule has 1 N–H and O–H groups in total. The average Bonchev–Trinajstić information content (AvgIpc) is 2.46. The van der Waals surface area contributed by atoms with Crippen molar-refractivity contribution in [1.29, 1.82) is 0 Å². The van der Waals surface area contributed by atoms with Crippen molar-refractivity contribution >= 4 is 11.7 Å². The topological polar surface area (TPSA) is 38.3 Å². The van der Waals surface area contributed by atoms with Crippen LogP contribution in [0, 0.1) is 6.92 Å². The lowest BCUT2D eigenvalue weighted by Crippen LogP contribution is -2.05. The first-order valence-corrected chi connectivity index (χ1v) is 6.75. The fourth-order valence-electron chi connectivity index (χ4n) is 1.96. The van der Waals surface area contributed by atoms with Crippen LogP contribution in [-0.2, 0) is 11.3 Å². The van der Waals surface area contributed by atoms with E-state index in [0.29, 0.717) is 12.2 Å². The highest BCUT2D eigenvalue weighted by Gasteiger charge is 2.05. The van der Waals surface area contributed by atoms with E-state index in [4.69, 9.17) is 4.74 Å². The van der Waals surface area contributed by atoms with Gasteiger partial charge in [0, 0.05) is 12.2 Å². The number of anilines is 1. The van der Waals surface area contributed by atoms with Crippen molar-refractivity contribution in [3.8, 4) is 0 Å². The van der Waals surface area contributed by atoms with Gasteiger partial charge in [-0.15, -0.1) is 0 Å². The second-order valence-electron chi connectivity index (χ2n) is 4.64. The molecule has 0 amide bonds. The molecule has 0 aliphatic heterocycles. The molecule has 0 saturated heterocycles. The number of ether oxygens (including phenoxy) is 1. The molecule has 3 nitrogen and oxygen atoms in total. The van der Waals surface area contributed by atoms with Gasteiger partial charge in [-0.25, -0.2) is 4.79 Å². The predicted octanol–water partition coefficient (Wildman–Crippen LogP) is 3.78. The number of nitrogens with one attached hydrogen (secondary N) is 1. The minimum absolute atomic E-state index is 0.280. The molecule has 20 heavy (non-hydrogen) atoms. The SMILES string of the molecule is CCOC(=O)c1ccc(NCc2cccc(C)c2)cc1. The molecule has 0 unspecified atom stereocenters. The smallest absolute Gasteiger partial charge is 0.338 e. The number of carbonyl (C=O) groups excluding carboxylic acids is 1. The highest BCUT2D eigenvalue weighted by molar-refractivity contribution is 5.89. The summed E-state index contributed by atoms with van der Waals surface area (Å²) in [5, 5.41) is 3.33. The lowest BCUT2D eigenvalue weighted by atomic mass is 10.1. The minimum Gasteiger partial charge on any atom is -0.462 e. The van der Waals surface area contributed by atoms with Gasteiger partial charge in [0.25, 0.3) is 0 Å². The van der Waals surface area contributed by atoms with Crippen LogP contribution >= 0.6 is 0 Å². The summed E-state index contributed by atoms with van der Waals surface area (Å²) in [6.07, 6.45) is 0. The van der Waals surface area contributed by atoms with Crippen LogP contribution in [0.15, 0.2) is 48.5 Å². The first-order valence-electron chi connectivity index (χ1n) is 6.75. The van der Waals surface area contributed by atoms with Crippen LogP contribution in [0.2, 0.25) is 0 Å². The van der Waals surface area contributed by atoms with E-state index in [0.717, 1.165) is 12.2 Å². The van der Waals surface area contributed by atoms with E-state index in [1.54, 1.807) is 19.1 Å². The van der Waals surface area contributed by atoms with Gasteiger partial charge in [0.05, 0.1) is 12.2 Å². The highest BCUT2D eigenvalue weighted by atomic mass is 16.5. The first kappa shape index (κ1) is 14.1. The van der Waals surface area contributed by atoms with Gasteiger partial charge < -0.3 is 10.1 Å². The zero-order valence-electron chi connectivity index (χ0n) is 11.8. The number of aryl methyl sites for hydroxylation is 1. The molecule has 0 spiro atoms. The average molecular weight is 269 g/mol. The molecule has 0 fully saturated rings. The normalized spacial score (nSPS) is 10.1. The Bertz CT molecular complexity index is 576. The molecule has 0 aromatic heterocycles. The molecule has 0 radical (unpaired) electrons. The van der Waals surface area contributed by atoms with Crippen molar-refractivity contribution in [2.24, 2.45) is 0 Å². The maximum atomic E-state index is 11.5. The summed E-state index contributed by atoms with van der Waals surface area (Å²) < 4.78 is 4.95. The number of hydrogen-bond acceptors (Lipinski definition) is 3. The summed E-state index contributed by atoms with van der Waals surface area (Å²) in [4.78, 5) is 11.5. The number of esters is 1. The maximum absolute atomic E-state index is 11.5. The summed E-state index contributed by atoms with van der Waals surface area (Å²) in [5.41, 5.74) is 4.05. The van der Waals surface area contributed by atoms with Crippen LogP contribution in [0.25, 0.3) is 0 Å². The van der Waals surface area contributed by atoms with Crippen LogP contribution in [0.5, 0.6) is 0 Å². The number of carbonyl (C=O) groups is 1. The Labute approximate surface area is 119 Å². The zero-order chi connectivity index (χ0) is 14.4. The molecule has 0 bridgehead atoms. The highest BCUT2D eigenvalue weighted by Crippen LogP contribution is 2.12. The third-order valence-electron chi connectivity index (χ3n) is 2.98. The monoisotopic (exact) mass is 269 g/mol. The number of hydrogen-bond donors (Lipinski definition) is 1. The van der Waals surface area contributed by atoms with E-state index < -0.39 is 0 Å². The molecule has 2 aromatic rings. The maximum Gasteiger partial charge on any atom is 0.338 e. The first-order chi connectivity index (χ1) is 9.69. The summed E-state index contributed by atoms with van der Waals surface area (Å²) >= 11 is 0. The van der Waals surface area contributed by atoms with Gasteiger partial charge in [-0.3, -0.25) is 0 Å². The molecule has 0 aliphatic rings. The molecular weight excluding hydrogens is 250 g/mol. The summed E-state index contributed by atoms with van der Waals surface area (Å²) in [5.74, 6) is -0.280. The predicted molar refractivity (Wildman–Crippen MR) is 80.9 cm³/mol. The molecular formula is C17H19NO2. The second-order valence-corrected chi connectivity index (χ2v) is 4.64. The van der Waals surface area contributed by atoms with Gasteiger partial charge in [0.2, 0.25) is 0 Å². The van der Waals surface area contributed by atoms with Gasteiger partial charge in [-0.2, -0.15) is 0 Å². The van der Waals surface area contributed by atoms with Gasteiger partial charge in [0.1, 0.15) is 0 Å². The van der Waals surface area contributed by atoms with E-state index >= 15 is 0 Å². The summed E-state index contributed by atoms with van der Waals surface area (Å²) in [7, 11) is 0. The van der Waals surface area contributed by atoms with Gasteiger partial charge in [-0.1, -0.05) is 29.8 Å². The molecule has 0 heterocycles. The lowest BCUT2D eigenvalue weighted by molar-refractivity contribution is 0.0526. The second kappa shape index (κ2) is 6.75. The van der Waals surface area contributed by atoms with Gasteiger partial charge >= 0.3 is 5.97 Å². The van der Waals surface area contributed by atoms with E-state index in [-0.39, 0.29) is 5.97 Å². The molecule has 3 heteroatoms. The minimum atomic E-state index is -0.280. The van der Waals surface area contributed by atoms with Crippen molar-refractivity contribution in [1.82, 2.24) is 0 Å². The van der Waals surface area contributed by atoms with Crippen LogP contribution in [0.3, 0.4) is 0 Å². The van der Waals surface area contributed by atoms with Crippen molar-refractivity contribution in [3.63, 3.8) is 0 Å². The Balaban J connectivity index is 1.95. The molecule has 0 saturated carbocycles. The van der Waals surface area contributed by atoms with Crippen LogP contribution < -0.4 is 5.32 Å². The van der Waals surface area contributed by atoms with Crippen LogP contribution in [0.1, 0.15) is 28.4 Å². The molecule has 0 aliphatic carbocycles. The van der Waals surface area contributed by atoms with E-state index in [1.807, 2.05) is 12.1 Å². The summed E-state index contributed by atoms with van der Waals surface area (Å²) in [6, 6.07) is 15.7. The Kier molecular flexibility index (Phi) is 4.77. The van der Waals surface area contributed by atoms with E-state index in [9.17, 15) is 4.79 Å². The van der Waals surface area contributed by atoms with Crippen molar-refractivity contribution < 1.29 is 9.53 Å². The standard InChI is InChI=1S/C17H19NO2/c1-3-20-17(19)15-7-9-16(10-8-15)18-12-14-6-4-5-13(2)11-14/h4-11,18H,3,12H2,1-2H3. The van der Waals surface area contributed by atoms with Crippen LogP contribution in [-0.4, -0.2) is 12.6 Å². The quantitative estimate of drug-likeness (QED) is 0.839. The van der Waals surface area contributed by atoms with E-state index in [2.05, 4.69) is 36.5 Å². The van der Waals surface area contributed by atoms with Gasteiger partial charge in [0.15, 0.2) is 0 Å². The third kappa shape index (κ3) is 3.85. The summed E-state index contributed by atoms with van der Waals surface area (Å²) in [6.45, 7) is 5.04. The third-order valence-corrected chi connectivity index (χ3v) is 2.98. The van der Waals surface area contributed by atoms with E-state index in [1.165, 1.54) is 11.1 Å². The van der Waals surface area contributed by atoms with Crippen LogP contribution in [0.4, 0.5) is 5.69 Å². The molecule has 104 valence electrons. The fraction of sp³-hybridized carbons (Fsp3) is 0.235. The number of benzene rings is 2. The Morgan fingerprint density at radius 3 is 2.55 bits per heavy atom. The Hall–Kier alpha value is -2.29. The molecule has 2 rings (SSSR count). The van der Waals surface area contributed by atoms with Crippen molar-refractivity contribution in [3.05, 3.63) is 65.2 Å². The van der Waals surface area contributed by atoms with Crippen molar-refractivity contribution in [2.45, 2.75) is 20.4 Å². The Morgan fingerprint density at radius 2 is 1.90 bits per heavy atom.